The third-order valence-corrected chi connectivity index (χ3v) is 6.98. The Morgan fingerprint density at radius 3 is 2.22 bits per heavy atom. The molecule has 0 aliphatic carbocycles. The zero-order valence-corrected chi connectivity index (χ0v) is 21.2. The molecular weight excluding hydrogens is 504 g/mol. The minimum Gasteiger partial charge on any atom is -0.492 e. The van der Waals surface area contributed by atoms with Crippen molar-refractivity contribution >= 4 is 50.0 Å². The number of nitrogens with zero attached hydrogens (tertiary/aromatic N) is 1. The number of halogens is 1. The van der Waals surface area contributed by atoms with Gasteiger partial charge in [0.05, 0.1) is 27.1 Å². The molecule has 0 bridgehead atoms. The summed E-state index contributed by atoms with van der Waals surface area (Å²) in [5.74, 6) is -1.73. The monoisotopic (exact) mass is 526 g/mol. The smallest absolute Gasteiger partial charge is 0.338 e. The van der Waals surface area contributed by atoms with Crippen LogP contribution in [0.25, 0.3) is 10.9 Å². The predicted molar refractivity (Wildman–Crippen MR) is 137 cm³/mol. The van der Waals surface area contributed by atoms with Gasteiger partial charge in [-0.05, 0) is 63.2 Å². The number of rotatable bonds is 6. The maximum Gasteiger partial charge on any atom is 0.338 e. The fourth-order valence-corrected chi connectivity index (χ4v) is 4.58. The number of ketones is 1. The average Bonchev–Trinajstić information content (AvgIpc) is 3.09. The fourth-order valence-electron chi connectivity index (χ4n) is 3.41. The average molecular weight is 527 g/mol. The molecule has 3 aromatic carbocycles. The Bertz CT molecular complexity index is 1570. The van der Waals surface area contributed by atoms with Crippen molar-refractivity contribution in [3.63, 3.8) is 0 Å². The molecule has 10 heteroatoms. The highest BCUT2D eigenvalue weighted by Crippen LogP contribution is 2.35. The fraction of sp³-hybridized carbons (Fsp3) is 0.154. The minimum atomic E-state index is -3.98. The van der Waals surface area contributed by atoms with Gasteiger partial charge in [0.15, 0.2) is 5.78 Å². The third kappa shape index (κ3) is 4.93. The summed E-state index contributed by atoms with van der Waals surface area (Å²) in [7, 11) is -3.98. The summed E-state index contributed by atoms with van der Waals surface area (Å²) in [5, 5.41) is 11.7. The third-order valence-electron chi connectivity index (χ3n) is 5.33. The van der Waals surface area contributed by atoms with Gasteiger partial charge in [-0.1, -0.05) is 41.9 Å². The van der Waals surface area contributed by atoms with E-state index in [9.17, 15) is 23.1 Å². The molecule has 4 rings (SSSR count). The summed E-state index contributed by atoms with van der Waals surface area (Å²) in [5.41, 5.74) is -0.422. The molecule has 0 unspecified atom stereocenters. The second-order valence-electron chi connectivity index (χ2n) is 9.11. The molecule has 0 fully saturated rings. The molecule has 0 atom stereocenters. The molecule has 1 aromatic heterocycles. The number of nitrogens with one attached hydrogen (secondary N) is 1. The number of benzene rings is 3. The molecule has 0 aliphatic heterocycles. The Kier molecular flexibility index (Phi) is 6.55. The van der Waals surface area contributed by atoms with Gasteiger partial charge >= 0.3 is 5.97 Å². The lowest BCUT2D eigenvalue weighted by Crippen LogP contribution is -2.31. The van der Waals surface area contributed by atoms with Crippen molar-refractivity contribution in [1.82, 2.24) is 4.73 Å². The van der Waals surface area contributed by atoms with Crippen LogP contribution in [0.4, 0.5) is 5.69 Å². The van der Waals surface area contributed by atoms with E-state index in [0.29, 0.717) is 10.6 Å². The molecule has 0 saturated carbocycles. The second kappa shape index (κ2) is 9.33. The molecule has 0 saturated heterocycles. The van der Waals surface area contributed by atoms with E-state index >= 15 is 0 Å². The van der Waals surface area contributed by atoms with Crippen molar-refractivity contribution < 1.29 is 28.0 Å². The molecule has 0 aliphatic rings. The van der Waals surface area contributed by atoms with Gasteiger partial charge in [0.25, 0.3) is 10.0 Å². The van der Waals surface area contributed by atoms with E-state index in [1.54, 1.807) is 51.1 Å². The van der Waals surface area contributed by atoms with Crippen molar-refractivity contribution in [3.05, 3.63) is 88.9 Å². The van der Waals surface area contributed by atoms with Crippen LogP contribution in [0.2, 0.25) is 5.02 Å². The van der Waals surface area contributed by atoms with Crippen LogP contribution in [0.3, 0.4) is 0 Å². The highest BCUT2D eigenvalue weighted by Gasteiger charge is 2.30. The molecule has 4 aromatic rings. The number of aromatic hydroxyl groups is 1. The minimum absolute atomic E-state index is 0.00988. The lowest BCUT2D eigenvalue weighted by Gasteiger charge is -2.17. The number of carbonyl (C=O) groups excluding carboxylic acids is 2. The van der Waals surface area contributed by atoms with Gasteiger partial charge in [-0.3, -0.25) is 9.52 Å². The normalized spacial score (nSPS) is 11.9. The first-order chi connectivity index (χ1) is 16.9. The van der Waals surface area contributed by atoms with Crippen molar-refractivity contribution in [2.75, 3.05) is 4.72 Å². The Morgan fingerprint density at radius 2 is 1.61 bits per heavy atom. The lowest BCUT2D eigenvalue weighted by atomic mass is 9.98. The van der Waals surface area contributed by atoms with Gasteiger partial charge in [-0.2, -0.15) is 0 Å². The first-order valence-corrected chi connectivity index (χ1v) is 12.7. The molecular formula is C26H23ClN2O6S. The van der Waals surface area contributed by atoms with Crippen LogP contribution in [0.1, 0.15) is 36.7 Å². The van der Waals surface area contributed by atoms with Crippen LogP contribution in [0.15, 0.2) is 77.7 Å². The lowest BCUT2D eigenvalue weighted by molar-refractivity contribution is -0.153. The standard InChI is InChI=1S/C26H23ClN2O6S/c1-26(2,3)25(32)35-29-21-15-18(28-36(33,34)19-12-9-17(27)10-13-19)11-14-20(21)22(24(29)31)23(30)16-7-5-4-6-8-16/h4-15,28,31H,1-3H3. The summed E-state index contributed by atoms with van der Waals surface area (Å²) in [4.78, 5) is 31.4. The van der Waals surface area contributed by atoms with Crippen LogP contribution in [0.5, 0.6) is 5.88 Å². The zero-order valence-electron chi connectivity index (χ0n) is 19.7. The van der Waals surface area contributed by atoms with Gasteiger partial charge in [0.2, 0.25) is 5.88 Å². The topological polar surface area (TPSA) is 115 Å². The molecule has 8 nitrogen and oxygen atoms in total. The highest BCUT2D eigenvalue weighted by atomic mass is 35.5. The van der Waals surface area contributed by atoms with Crippen LogP contribution in [-0.2, 0) is 14.8 Å². The van der Waals surface area contributed by atoms with Gasteiger partial charge < -0.3 is 9.94 Å². The molecule has 0 amide bonds. The summed E-state index contributed by atoms with van der Waals surface area (Å²) in [6.45, 7) is 4.92. The van der Waals surface area contributed by atoms with Gasteiger partial charge in [0.1, 0.15) is 0 Å². The van der Waals surface area contributed by atoms with Gasteiger partial charge in [0, 0.05) is 16.0 Å². The van der Waals surface area contributed by atoms with E-state index in [1.165, 1.54) is 42.5 Å². The molecule has 0 radical (unpaired) electrons. The highest BCUT2D eigenvalue weighted by molar-refractivity contribution is 7.92. The summed E-state index contributed by atoms with van der Waals surface area (Å²) in [6.07, 6.45) is 0. The van der Waals surface area contributed by atoms with E-state index in [-0.39, 0.29) is 27.0 Å². The maximum atomic E-state index is 13.3. The number of hydrogen-bond donors (Lipinski definition) is 2. The SMILES string of the molecule is CC(C)(C)C(=O)On1c(O)c(C(=O)c2ccccc2)c2ccc(NS(=O)(=O)c3ccc(Cl)cc3)cc21. The van der Waals surface area contributed by atoms with Gasteiger partial charge in [-0.15, -0.1) is 4.73 Å². The number of aromatic nitrogens is 1. The second-order valence-corrected chi connectivity index (χ2v) is 11.2. The molecule has 186 valence electrons. The van der Waals surface area contributed by atoms with Crippen molar-refractivity contribution in [2.24, 2.45) is 5.41 Å². The van der Waals surface area contributed by atoms with Gasteiger partial charge in [-0.25, -0.2) is 13.2 Å². The quantitative estimate of drug-likeness (QED) is 0.340. The Morgan fingerprint density at radius 1 is 0.972 bits per heavy atom. The van der Waals surface area contributed by atoms with E-state index in [0.717, 1.165) is 4.73 Å². The molecule has 1 heterocycles. The van der Waals surface area contributed by atoms with Crippen LogP contribution >= 0.6 is 11.6 Å². The van der Waals surface area contributed by atoms with E-state index in [2.05, 4.69) is 4.72 Å². The predicted octanol–water partition coefficient (Wildman–Crippen LogP) is 5.03. The molecule has 0 spiro atoms. The maximum absolute atomic E-state index is 13.3. The largest absolute Gasteiger partial charge is 0.492 e. The summed E-state index contributed by atoms with van der Waals surface area (Å²) >= 11 is 5.85. The number of hydrogen-bond acceptors (Lipinski definition) is 6. The number of sulfonamides is 1. The van der Waals surface area contributed by atoms with Crippen molar-refractivity contribution in [3.8, 4) is 5.88 Å². The molecule has 2 N–H and O–H groups in total. The first-order valence-electron chi connectivity index (χ1n) is 10.9. The summed E-state index contributed by atoms with van der Waals surface area (Å²) in [6, 6.07) is 18.3. The number of anilines is 1. The van der Waals surface area contributed by atoms with Crippen LogP contribution in [0, 0.1) is 5.41 Å². The Hall–Kier alpha value is -3.82. The first kappa shape index (κ1) is 25.3. The summed E-state index contributed by atoms with van der Waals surface area (Å²) < 4.78 is 29.0. The van der Waals surface area contributed by atoms with E-state index in [4.69, 9.17) is 16.4 Å². The van der Waals surface area contributed by atoms with E-state index < -0.39 is 33.1 Å². The van der Waals surface area contributed by atoms with Crippen LogP contribution in [-0.4, -0.2) is 30.0 Å². The number of carbonyl (C=O) groups is 2. The van der Waals surface area contributed by atoms with Crippen molar-refractivity contribution in [1.29, 1.82) is 0 Å². The Labute approximate surface area is 213 Å². The zero-order chi connectivity index (χ0) is 26.3. The number of fused-ring (bicyclic) bond motifs is 1. The Balaban J connectivity index is 1.84. The molecule has 36 heavy (non-hydrogen) atoms. The van der Waals surface area contributed by atoms with Crippen LogP contribution < -0.4 is 9.56 Å². The van der Waals surface area contributed by atoms with E-state index in [1.807, 2.05) is 0 Å². The van der Waals surface area contributed by atoms with Crippen molar-refractivity contribution in [2.45, 2.75) is 25.7 Å².